The third-order valence-electron chi connectivity index (χ3n) is 3.20. The number of hydrogen-bond donors (Lipinski definition) is 1. The number of aromatic nitrogens is 2. The Balaban J connectivity index is 1.69. The molecule has 1 aliphatic carbocycles. The van der Waals surface area contributed by atoms with Crippen LogP contribution in [-0.4, -0.2) is 22.8 Å². The Hall–Kier alpha value is -0.900. The van der Waals surface area contributed by atoms with Crippen LogP contribution in [0.3, 0.4) is 0 Å². The molecule has 2 rings (SSSR count). The third kappa shape index (κ3) is 4.11. The van der Waals surface area contributed by atoms with Gasteiger partial charge in [-0.3, -0.25) is 0 Å². The van der Waals surface area contributed by atoms with Crippen LogP contribution in [0.25, 0.3) is 0 Å². The van der Waals surface area contributed by atoms with E-state index in [0.29, 0.717) is 5.92 Å². The largest absolute Gasteiger partial charge is 0.425 e. The van der Waals surface area contributed by atoms with Crippen LogP contribution in [0.1, 0.15) is 63.7 Å². The van der Waals surface area contributed by atoms with Crippen molar-refractivity contribution in [3.05, 3.63) is 11.8 Å². The fourth-order valence-corrected chi connectivity index (χ4v) is 1.96. The minimum Gasteiger partial charge on any atom is -0.425 e. The molecule has 4 heteroatoms. The molecule has 0 saturated heterocycles. The van der Waals surface area contributed by atoms with E-state index < -0.39 is 0 Å². The van der Waals surface area contributed by atoms with Gasteiger partial charge in [0.05, 0.1) is 0 Å². The number of nitrogens with one attached hydrogen (secondary N) is 1. The summed E-state index contributed by atoms with van der Waals surface area (Å²) in [5, 5.41) is 11.7. The molecule has 0 radical (unpaired) electrons. The molecule has 0 bridgehead atoms. The molecule has 1 aliphatic rings. The van der Waals surface area contributed by atoms with Crippen molar-refractivity contribution >= 4 is 0 Å². The molecule has 0 aliphatic heterocycles. The van der Waals surface area contributed by atoms with Crippen LogP contribution in [-0.2, 0) is 6.42 Å². The summed E-state index contributed by atoms with van der Waals surface area (Å²) >= 11 is 0. The van der Waals surface area contributed by atoms with Gasteiger partial charge < -0.3 is 9.73 Å². The lowest BCUT2D eigenvalue weighted by atomic mass is 10.1. The molecule has 1 heterocycles. The van der Waals surface area contributed by atoms with Gasteiger partial charge in [0.1, 0.15) is 0 Å². The van der Waals surface area contributed by atoms with Crippen LogP contribution in [0, 0.1) is 0 Å². The van der Waals surface area contributed by atoms with Gasteiger partial charge >= 0.3 is 0 Å². The maximum atomic E-state index is 5.67. The van der Waals surface area contributed by atoms with E-state index in [4.69, 9.17) is 4.42 Å². The van der Waals surface area contributed by atoms with Gasteiger partial charge in [-0.15, -0.1) is 10.2 Å². The van der Waals surface area contributed by atoms with E-state index >= 15 is 0 Å². The van der Waals surface area contributed by atoms with Crippen LogP contribution in [0.4, 0.5) is 0 Å². The lowest BCUT2D eigenvalue weighted by Gasteiger charge is -2.02. The minimum atomic E-state index is 0.394. The zero-order valence-electron chi connectivity index (χ0n) is 10.9. The maximum Gasteiger partial charge on any atom is 0.219 e. The van der Waals surface area contributed by atoms with Gasteiger partial charge in [0.15, 0.2) is 0 Å². The quantitative estimate of drug-likeness (QED) is 0.706. The van der Waals surface area contributed by atoms with Gasteiger partial charge in [-0.25, -0.2) is 0 Å². The van der Waals surface area contributed by atoms with Crippen LogP contribution in [0.5, 0.6) is 0 Å². The Kier molecular flexibility index (Phi) is 4.54. The number of aryl methyl sites for hydroxylation is 1. The van der Waals surface area contributed by atoms with Gasteiger partial charge in [0, 0.05) is 18.4 Å². The topological polar surface area (TPSA) is 51.0 Å². The van der Waals surface area contributed by atoms with Crippen molar-refractivity contribution in [1.29, 1.82) is 0 Å². The van der Waals surface area contributed by atoms with Crippen LogP contribution in [0.2, 0.25) is 0 Å². The van der Waals surface area contributed by atoms with Crippen LogP contribution in [0.15, 0.2) is 4.42 Å². The summed E-state index contributed by atoms with van der Waals surface area (Å²) in [6.45, 7) is 5.39. The normalized spacial score (nSPS) is 17.3. The zero-order chi connectivity index (χ0) is 12.1. The number of rotatable bonds is 8. The first-order valence-corrected chi connectivity index (χ1v) is 6.85. The van der Waals surface area contributed by atoms with E-state index in [-0.39, 0.29) is 0 Å². The summed E-state index contributed by atoms with van der Waals surface area (Å²) in [5.74, 6) is 1.99. The van der Waals surface area contributed by atoms with Gasteiger partial charge in [0.2, 0.25) is 11.8 Å². The summed E-state index contributed by atoms with van der Waals surface area (Å²) in [5.41, 5.74) is 0. The first kappa shape index (κ1) is 12.6. The van der Waals surface area contributed by atoms with E-state index in [1.807, 2.05) is 0 Å². The standard InChI is InChI=1S/C13H23N3O/c1-3-5-10(2)13-16-15-12(17-13)6-4-9-14-11-7-8-11/h10-11,14H,3-9H2,1-2H3. The highest BCUT2D eigenvalue weighted by atomic mass is 16.4. The van der Waals surface area contributed by atoms with Crippen molar-refractivity contribution in [2.75, 3.05) is 6.54 Å². The van der Waals surface area contributed by atoms with E-state index in [9.17, 15) is 0 Å². The molecule has 1 aromatic heterocycles. The predicted octanol–water partition coefficient (Wildman–Crippen LogP) is 2.66. The Bertz CT molecular complexity index is 333. The second kappa shape index (κ2) is 6.15. The molecule has 0 amide bonds. The Morgan fingerprint density at radius 3 is 2.94 bits per heavy atom. The van der Waals surface area contributed by atoms with E-state index in [1.54, 1.807) is 0 Å². The van der Waals surface area contributed by atoms with Crippen molar-refractivity contribution in [2.24, 2.45) is 0 Å². The van der Waals surface area contributed by atoms with E-state index in [0.717, 1.165) is 50.1 Å². The Labute approximate surface area is 103 Å². The Morgan fingerprint density at radius 1 is 1.41 bits per heavy atom. The fourth-order valence-electron chi connectivity index (χ4n) is 1.96. The first-order valence-electron chi connectivity index (χ1n) is 6.85. The van der Waals surface area contributed by atoms with Crippen molar-refractivity contribution in [3.8, 4) is 0 Å². The smallest absolute Gasteiger partial charge is 0.219 e. The molecule has 1 fully saturated rings. The highest BCUT2D eigenvalue weighted by Crippen LogP contribution is 2.20. The molecule has 1 N–H and O–H groups in total. The van der Waals surface area contributed by atoms with Crippen LogP contribution >= 0.6 is 0 Å². The summed E-state index contributed by atoms with van der Waals surface area (Å²) in [6, 6.07) is 0.790. The average molecular weight is 237 g/mol. The summed E-state index contributed by atoms with van der Waals surface area (Å²) < 4.78 is 5.67. The highest BCUT2D eigenvalue weighted by Gasteiger charge is 2.19. The predicted molar refractivity (Wildman–Crippen MR) is 67.0 cm³/mol. The summed E-state index contributed by atoms with van der Waals surface area (Å²) in [7, 11) is 0. The molecular weight excluding hydrogens is 214 g/mol. The molecule has 1 saturated carbocycles. The molecule has 0 spiro atoms. The monoisotopic (exact) mass is 237 g/mol. The summed E-state index contributed by atoms with van der Waals surface area (Å²) in [6.07, 6.45) is 6.94. The number of hydrogen-bond acceptors (Lipinski definition) is 4. The molecule has 0 aromatic carbocycles. The van der Waals surface area contributed by atoms with E-state index in [2.05, 4.69) is 29.4 Å². The average Bonchev–Trinajstić information content (AvgIpc) is 3.02. The van der Waals surface area contributed by atoms with Crippen LogP contribution < -0.4 is 5.32 Å². The van der Waals surface area contributed by atoms with Crippen molar-refractivity contribution in [3.63, 3.8) is 0 Å². The van der Waals surface area contributed by atoms with Gasteiger partial charge in [-0.2, -0.15) is 0 Å². The second-order valence-corrected chi connectivity index (χ2v) is 5.06. The first-order chi connectivity index (χ1) is 8.29. The molecular formula is C13H23N3O. The molecule has 17 heavy (non-hydrogen) atoms. The lowest BCUT2D eigenvalue weighted by molar-refractivity contribution is 0.408. The van der Waals surface area contributed by atoms with Gasteiger partial charge in [0.25, 0.3) is 0 Å². The maximum absolute atomic E-state index is 5.67. The highest BCUT2D eigenvalue weighted by molar-refractivity contribution is 4.89. The Morgan fingerprint density at radius 2 is 2.24 bits per heavy atom. The SMILES string of the molecule is CCCC(C)c1nnc(CCCNC2CC2)o1. The fraction of sp³-hybridized carbons (Fsp3) is 0.846. The lowest BCUT2D eigenvalue weighted by Crippen LogP contribution is -2.17. The third-order valence-corrected chi connectivity index (χ3v) is 3.20. The van der Waals surface area contributed by atoms with Crippen molar-refractivity contribution in [2.45, 2.75) is 64.3 Å². The minimum absolute atomic E-state index is 0.394. The second-order valence-electron chi connectivity index (χ2n) is 5.06. The molecule has 1 unspecified atom stereocenters. The van der Waals surface area contributed by atoms with Crippen molar-refractivity contribution in [1.82, 2.24) is 15.5 Å². The van der Waals surface area contributed by atoms with Gasteiger partial charge in [-0.1, -0.05) is 20.3 Å². The molecule has 96 valence electrons. The number of nitrogens with zero attached hydrogens (tertiary/aromatic N) is 2. The molecule has 4 nitrogen and oxygen atoms in total. The van der Waals surface area contributed by atoms with Gasteiger partial charge in [-0.05, 0) is 32.2 Å². The molecule has 1 atom stereocenters. The van der Waals surface area contributed by atoms with E-state index in [1.165, 1.54) is 12.8 Å². The van der Waals surface area contributed by atoms with Crippen molar-refractivity contribution < 1.29 is 4.42 Å². The zero-order valence-corrected chi connectivity index (χ0v) is 10.9. The summed E-state index contributed by atoms with van der Waals surface area (Å²) in [4.78, 5) is 0. The molecule has 1 aromatic rings.